The van der Waals surface area contributed by atoms with E-state index in [4.69, 9.17) is 24.2 Å². The molecule has 0 amide bonds. The normalized spacial score (nSPS) is 15.0. The Labute approximate surface area is 325 Å². The van der Waals surface area contributed by atoms with Crippen molar-refractivity contribution in [1.82, 2.24) is 4.57 Å². The molecular weight excluding hydrogens is 718 g/mol. The summed E-state index contributed by atoms with van der Waals surface area (Å²) in [5, 5.41) is 8.78. The zero-order valence-electron chi connectivity index (χ0n) is 28.6. The van der Waals surface area contributed by atoms with Crippen LogP contribution in [0.15, 0.2) is 203 Å². The van der Waals surface area contributed by atoms with Crippen LogP contribution in [0.3, 0.4) is 0 Å². The third kappa shape index (κ3) is 5.24. The standard InChI is InChI=1S/C48H32ClNS2Si/c49-35-23-30-48-46(31-35)52-45-15-7-8-16-47(45)53(48,38-28-21-34(22-29-38)39-9-3-6-14-44(39)51)37-26-19-33(20-27-37)32-17-24-36(25-18-32)50-42-12-4-1-10-40(42)41-11-2-5-13-43(41)50/h1-31,51H. The summed E-state index contributed by atoms with van der Waals surface area (Å²) in [6.45, 7) is 0. The van der Waals surface area contributed by atoms with E-state index in [0.29, 0.717) is 0 Å². The van der Waals surface area contributed by atoms with Crippen molar-refractivity contribution in [3.8, 4) is 27.9 Å². The summed E-state index contributed by atoms with van der Waals surface area (Å²) in [6, 6.07) is 68.7. The number of halogens is 1. The second kappa shape index (κ2) is 13.0. The summed E-state index contributed by atoms with van der Waals surface area (Å²) in [5.74, 6) is 0. The van der Waals surface area contributed by atoms with Gasteiger partial charge in [0.05, 0.1) is 11.0 Å². The number of nitrogens with zero attached hydrogens (tertiary/aromatic N) is 1. The first-order valence-corrected chi connectivity index (χ1v) is 21.4. The van der Waals surface area contributed by atoms with E-state index in [-0.39, 0.29) is 0 Å². The van der Waals surface area contributed by atoms with Gasteiger partial charge in [0, 0.05) is 36.2 Å². The van der Waals surface area contributed by atoms with Crippen molar-refractivity contribution >= 4 is 86.6 Å². The second-order valence-corrected chi connectivity index (χ2v) is 19.3. The topological polar surface area (TPSA) is 4.93 Å². The number of para-hydroxylation sites is 2. The average molecular weight is 750 g/mol. The van der Waals surface area contributed by atoms with Crippen LogP contribution in [0.5, 0.6) is 0 Å². The van der Waals surface area contributed by atoms with E-state index in [1.54, 1.807) is 0 Å². The van der Waals surface area contributed by atoms with E-state index in [1.165, 1.54) is 63.5 Å². The largest absolute Gasteiger partial charge is 0.309 e. The highest BCUT2D eigenvalue weighted by atomic mass is 35.5. The zero-order chi connectivity index (χ0) is 35.5. The molecule has 1 unspecified atom stereocenters. The van der Waals surface area contributed by atoms with Gasteiger partial charge in [0.25, 0.3) is 0 Å². The summed E-state index contributed by atoms with van der Waals surface area (Å²) in [4.78, 5) is 3.51. The maximum atomic E-state index is 6.68. The molecule has 2 heterocycles. The molecule has 252 valence electrons. The number of rotatable bonds is 5. The lowest BCUT2D eigenvalue weighted by atomic mass is 10.1. The Hall–Kier alpha value is -5.23. The zero-order valence-corrected chi connectivity index (χ0v) is 32.0. The molecule has 0 spiro atoms. The minimum absolute atomic E-state index is 0.763. The predicted octanol–water partition coefficient (Wildman–Crippen LogP) is 10.9. The first-order valence-electron chi connectivity index (χ1n) is 17.8. The van der Waals surface area contributed by atoms with Crippen molar-refractivity contribution in [2.75, 3.05) is 0 Å². The highest BCUT2D eigenvalue weighted by Crippen LogP contribution is 2.36. The molecule has 1 aliphatic rings. The Balaban J connectivity index is 1.10. The van der Waals surface area contributed by atoms with Crippen molar-refractivity contribution in [2.24, 2.45) is 0 Å². The first kappa shape index (κ1) is 32.4. The van der Waals surface area contributed by atoms with Gasteiger partial charge in [-0.25, -0.2) is 0 Å². The van der Waals surface area contributed by atoms with Crippen molar-refractivity contribution < 1.29 is 0 Å². The lowest BCUT2D eigenvalue weighted by molar-refractivity contribution is 1.18. The third-order valence-electron chi connectivity index (χ3n) is 10.7. The van der Waals surface area contributed by atoms with Gasteiger partial charge < -0.3 is 4.57 Å². The van der Waals surface area contributed by atoms with Gasteiger partial charge in [0.1, 0.15) is 0 Å². The summed E-state index contributed by atoms with van der Waals surface area (Å²) in [6.07, 6.45) is 0. The van der Waals surface area contributed by atoms with Gasteiger partial charge in [-0.15, -0.1) is 12.6 Å². The highest BCUT2D eigenvalue weighted by Gasteiger charge is 2.47. The Morgan fingerprint density at radius 2 is 1.00 bits per heavy atom. The van der Waals surface area contributed by atoms with E-state index in [9.17, 15) is 0 Å². The molecule has 1 aromatic heterocycles. The van der Waals surface area contributed by atoms with E-state index in [1.807, 2.05) is 17.8 Å². The van der Waals surface area contributed by atoms with Gasteiger partial charge in [-0.05, 0) is 91.5 Å². The fraction of sp³-hybridized carbons (Fsp3) is 0. The predicted molar refractivity (Wildman–Crippen MR) is 232 cm³/mol. The highest BCUT2D eigenvalue weighted by molar-refractivity contribution is 8.00. The molecule has 9 aromatic rings. The number of thiol groups is 1. The first-order chi connectivity index (χ1) is 26.1. The fourth-order valence-electron chi connectivity index (χ4n) is 8.34. The summed E-state index contributed by atoms with van der Waals surface area (Å²) in [7, 11) is -2.76. The van der Waals surface area contributed by atoms with E-state index < -0.39 is 8.07 Å². The van der Waals surface area contributed by atoms with Gasteiger partial charge in [0.15, 0.2) is 8.07 Å². The summed E-state index contributed by atoms with van der Waals surface area (Å²) in [5.41, 5.74) is 8.29. The Bertz CT molecular complexity index is 2770. The molecule has 8 aromatic carbocycles. The molecule has 0 bridgehead atoms. The monoisotopic (exact) mass is 749 g/mol. The molecule has 0 aliphatic carbocycles. The van der Waals surface area contributed by atoms with E-state index in [0.717, 1.165) is 26.7 Å². The van der Waals surface area contributed by atoms with Crippen molar-refractivity contribution in [3.05, 3.63) is 193 Å². The minimum Gasteiger partial charge on any atom is -0.309 e. The lowest BCUT2D eigenvalue weighted by Crippen LogP contribution is -2.76. The molecule has 10 rings (SSSR count). The number of hydrogen-bond donors (Lipinski definition) is 1. The fourth-order valence-corrected chi connectivity index (χ4v) is 15.8. The van der Waals surface area contributed by atoms with Gasteiger partial charge in [-0.3, -0.25) is 0 Å². The Morgan fingerprint density at radius 3 is 1.66 bits per heavy atom. The number of benzene rings is 8. The van der Waals surface area contributed by atoms with Crippen LogP contribution in [0.4, 0.5) is 0 Å². The quantitative estimate of drug-likeness (QED) is 0.136. The number of fused-ring (bicyclic) bond motifs is 5. The Kier molecular flexibility index (Phi) is 7.96. The molecule has 1 atom stereocenters. The molecule has 0 fully saturated rings. The van der Waals surface area contributed by atoms with Crippen molar-refractivity contribution in [2.45, 2.75) is 14.7 Å². The summed E-state index contributed by atoms with van der Waals surface area (Å²) >= 11 is 13.3. The SMILES string of the molecule is Sc1ccccc1-c1ccc([Si]2(c3ccc(-c4ccc(-n5c6ccccc6c6ccccc65)cc4)cc3)c3ccccc3Sc3cc(Cl)ccc32)cc1. The van der Waals surface area contributed by atoms with E-state index >= 15 is 0 Å². The molecule has 1 aliphatic heterocycles. The number of aromatic nitrogens is 1. The smallest absolute Gasteiger partial charge is 0.181 e. The van der Waals surface area contributed by atoms with Crippen LogP contribution in [0, 0.1) is 0 Å². The molecule has 0 saturated heterocycles. The van der Waals surface area contributed by atoms with Crippen LogP contribution in [0.25, 0.3) is 49.7 Å². The van der Waals surface area contributed by atoms with Crippen LogP contribution in [-0.4, -0.2) is 12.6 Å². The third-order valence-corrected chi connectivity index (χ3v) is 17.8. The summed E-state index contributed by atoms with van der Waals surface area (Å²) < 4.78 is 2.37. The van der Waals surface area contributed by atoms with Crippen LogP contribution < -0.4 is 20.7 Å². The molecule has 5 heteroatoms. The van der Waals surface area contributed by atoms with Gasteiger partial charge in [0.2, 0.25) is 0 Å². The molecule has 0 radical (unpaired) electrons. The maximum Gasteiger partial charge on any atom is 0.181 e. The second-order valence-electron chi connectivity index (χ2n) is 13.6. The van der Waals surface area contributed by atoms with Crippen LogP contribution in [0.1, 0.15) is 0 Å². The van der Waals surface area contributed by atoms with E-state index in [2.05, 4.69) is 187 Å². The molecular formula is C48H32ClNS2Si. The number of hydrogen-bond acceptors (Lipinski definition) is 2. The van der Waals surface area contributed by atoms with Crippen LogP contribution >= 0.6 is 36.0 Å². The van der Waals surface area contributed by atoms with Gasteiger partial charge >= 0.3 is 0 Å². The van der Waals surface area contributed by atoms with Crippen LogP contribution in [-0.2, 0) is 0 Å². The Morgan fingerprint density at radius 1 is 0.472 bits per heavy atom. The van der Waals surface area contributed by atoms with Gasteiger partial charge in [-0.1, -0.05) is 163 Å². The van der Waals surface area contributed by atoms with Gasteiger partial charge in [-0.2, -0.15) is 0 Å². The maximum absolute atomic E-state index is 6.68. The molecule has 1 nitrogen and oxygen atoms in total. The lowest BCUT2D eigenvalue weighted by Gasteiger charge is -2.40. The molecule has 0 N–H and O–H groups in total. The van der Waals surface area contributed by atoms with Crippen molar-refractivity contribution in [1.29, 1.82) is 0 Å². The minimum atomic E-state index is -2.76. The molecule has 0 saturated carbocycles. The van der Waals surface area contributed by atoms with Crippen LogP contribution in [0.2, 0.25) is 5.02 Å². The van der Waals surface area contributed by atoms with Crippen molar-refractivity contribution in [3.63, 3.8) is 0 Å². The average Bonchev–Trinajstić information content (AvgIpc) is 3.55. The molecule has 53 heavy (non-hydrogen) atoms.